The van der Waals surface area contributed by atoms with Crippen LogP contribution in [0.2, 0.25) is 15.1 Å². The molecule has 3 aromatic carbocycles. The van der Waals surface area contributed by atoms with Gasteiger partial charge in [-0.2, -0.15) is 0 Å². The normalized spacial score (nSPS) is 18.3. The lowest BCUT2D eigenvalue weighted by Crippen LogP contribution is -2.18. The maximum absolute atomic E-state index is 13.1. The molecule has 0 bridgehead atoms. The number of alkyl halides is 2. The lowest BCUT2D eigenvalue weighted by atomic mass is 10.1. The minimum Gasteiger partial charge on any atom is -0.326 e. The molecule has 2 N–H and O–H groups in total. The summed E-state index contributed by atoms with van der Waals surface area (Å²) < 4.78 is 12.3. The third-order valence-electron chi connectivity index (χ3n) is 5.28. The van der Waals surface area contributed by atoms with Gasteiger partial charge in [0.05, 0.1) is 26.5 Å². The van der Waals surface area contributed by atoms with Gasteiger partial charge in [0.2, 0.25) is 5.91 Å². The van der Waals surface area contributed by atoms with Crippen LogP contribution < -0.4 is 10.6 Å². The zero-order valence-corrected chi connectivity index (χ0v) is 22.2. The Morgan fingerprint density at radius 2 is 1.53 bits per heavy atom. The molecule has 34 heavy (non-hydrogen) atoms. The molecule has 2 amide bonds. The van der Waals surface area contributed by atoms with Gasteiger partial charge < -0.3 is 10.6 Å². The number of rotatable bonds is 5. The highest BCUT2D eigenvalue weighted by Gasteiger charge is 2.67. The van der Waals surface area contributed by atoms with Gasteiger partial charge in [0, 0.05) is 21.8 Å². The van der Waals surface area contributed by atoms with Gasteiger partial charge in [0.25, 0.3) is 5.91 Å². The van der Waals surface area contributed by atoms with E-state index in [4.69, 9.17) is 58.0 Å². The summed E-state index contributed by atoms with van der Waals surface area (Å²) in [4.78, 5) is 25.6. The highest BCUT2D eigenvalue weighted by Crippen LogP contribution is 2.65. The summed E-state index contributed by atoms with van der Waals surface area (Å²) in [6.45, 7) is 0. The predicted molar refractivity (Wildman–Crippen MR) is 139 cm³/mol. The summed E-state index contributed by atoms with van der Waals surface area (Å²) >= 11 is 34.6. The van der Waals surface area contributed by atoms with Crippen LogP contribution in [0.1, 0.15) is 21.8 Å². The van der Waals surface area contributed by atoms with E-state index in [-0.39, 0.29) is 10.6 Å². The topological polar surface area (TPSA) is 58.2 Å². The second-order valence-corrected chi connectivity index (χ2v) is 11.1. The first-order chi connectivity index (χ1) is 16.0. The SMILES string of the molecule is O=C(Nc1ccc(F)cc1)c1cc(NC(=O)C2C(c3cc(Cl)c(Cl)c(Br)c3)C2(Cl)Cl)ccc1Cl. The third kappa shape index (κ3) is 5.18. The highest BCUT2D eigenvalue weighted by molar-refractivity contribution is 9.10. The first-order valence-electron chi connectivity index (χ1n) is 9.68. The molecular formula is C23H13BrCl5FN2O2. The van der Waals surface area contributed by atoms with Crippen molar-refractivity contribution in [2.24, 2.45) is 5.92 Å². The van der Waals surface area contributed by atoms with Gasteiger partial charge >= 0.3 is 0 Å². The molecule has 0 saturated heterocycles. The van der Waals surface area contributed by atoms with E-state index in [1.165, 1.54) is 36.4 Å². The summed E-state index contributed by atoms with van der Waals surface area (Å²) in [6.07, 6.45) is 0. The Labute approximate surface area is 227 Å². The van der Waals surface area contributed by atoms with E-state index in [2.05, 4.69) is 26.6 Å². The number of carbonyl (C=O) groups is 2. The van der Waals surface area contributed by atoms with E-state index < -0.39 is 33.8 Å². The largest absolute Gasteiger partial charge is 0.326 e. The zero-order chi connectivity index (χ0) is 24.8. The molecule has 4 nitrogen and oxygen atoms in total. The Morgan fingerprint density at radius 3 is 2.18 bits per heavy atom. The van der Waals surface area contributed by atoms with Crippen LogP contribution in [0.5, 0.6) is 0 Å². The van der Waals surface area contributed by atoms with Crippen molar-refractivity contribution in [2.75, 3.05) is 10.6 Å². The average Bonchev–Trinajstić information content (AvgIpc) is 3.36. The van der Waals surface area contributed by atoms with E-state index in [0.717, 1.165) is 0 Å². The second-order valence-electron chi connectivity index (χ2n) is 7.57. The molecule has 176 valence electrons. The van der Waals surface area contributed by atoms with E-state index in [0.29, 0.717) is 31.5 Å². The molecule has 11 heteroatoms. The molecule has 4 rings (SSSR count). The van der Waals surface area contributed by atoms with Gasteiger partial charge in [-0.3, -0.25) is 9.59 Å². The minimum absolute atomic E-state index is 0.118. The van der Waals surface area contributed by atoms with Crippen LogP contribution in [0.3, 0.4) is 0 Å². The van der Waals surface area contributed by atoms with Crippen LogP contribution in [0.15, 0.2) is 59.1 Å². The molecule has 0 heterocycles. The number of halogens is 7. The number of hydrogen-bond donors (Lipinski definition) is 2. The van der Waals surface area contributed by atoms with Crippen LogP contribution in [0.25, 0.3) is 0 Å². The standard InChI is InChI=1S/C23H13BrCl5FN2O2/c24-15-7-10(8-17(26)20(15)27)18-19(23(18,28)29)22(34)32-13-5-6-16(25)14(9-13)21(33)31-12-3-1-11(30)2-4-12/h1-9,18-19H,(H,31,33)(H,32,34). The molecule has 1 aliphatic carbocycles. The molecule has 2 unspecified atom stereocenters. The van der Waals surface area contributed by atoms with Gasteiger partial charge in [-0.25, -0.2) is 4.39 Å². The van der Waals surface area contributed by atoms with Crippen molar-refractivity contribution >= 4 is 97.1 Å². The summed E-state index contributed by atoms with van der Waals surface area (Å²) in [6, 6.07) is 13.1. The second kappa shape index (κ2) is 9.84. The Bertz CT molecular complexity index is 1280. The maximum Gasteiger partial charge on any atom is 0.257 e. The fourth-order valence-corrected chi connectivity index (χ4v) is 5.51. The molecule has 0 radical (unpaired) electrons. The number of nitrogens with one attached hydrogen (secondary N) is 2. The molecule has 1 fully saturated rings. The van der Waals surface area contributed by atoms with Crippen molar-refractivity contribution in [1.82, 2.24) is 0 Å². The summed E-state index contributed by atoms with van der Waals surface area (Å²) in [7, 11) is 0. The van der Waals surface area contributed by atoms with Crippen molar-refractivity contribution in [1.29, 1.82) is 0 Å². The van der Waals surface area contributed by atoms with Crippen LogP contribution in [0, 0.1) is 11.7 Å². The van der Waals surface area contributed by atoms with Crippen molar-refractivity contribution in [3.63, 3.8) is 0 Å². The highest BCUT2D eigenvalue weighted by atomic mass is 79.9. The quantitative estimate of drug-likeness (QED) is 0.221. The van der Waals surface area contributed by atoms with Crippen molar-refractivity contribution in [2.45, 2.75) is 10.3 Å². The molecule has 1 saturated carbocycles. The Kier molecular flexibility index (Phi) is 7.40. The minimum atomic E-state index is -1.35. The molecule has 0 aromatic heterocycles. The van der Waals surface area contributed by atoms with Crippen LogP contribution in [0.4, 0.5) is 15.8 Å². The smallest absolute Gasteiger partial charge is 0.257 e. The fraction of sp³-hybridized carbons (Fsp3) is 0.130. The first-order valence-corrected chi connectivity index (χ1v) is 12.4. The third-order valence-corrected chi connectivity index (χ3v) is 8.21. The summed E-state index contributed by atoms with van der Waals surface area (Å²) in [5, 5.41) is 6.17. The maximum atomic E-state index is 13.1. The molecule has 0 spiro atoms. The van der Waals surface area contributed by atoms with E-state index in [1.54, 1.807) is 18.2 Å². The predicted octanol–water partition coefficient (Wildman–Crippen LogP) is 8.33. The number of hydrogen-bond acceptors (Lipinski definition) is 2. The Morgan fingerprint density at radius 1 is 0.882 bits per heavy atom. The summed E-state index contributed by atoms with van der Waals surface area (Å²) in [5.41, 5.74) is 1.48. The van der Waals surface area contributed by atoms with Crippen LogP contribution in [-0.2, 0) is 4.79 Å². The fourth-order valence-electron chi connectivity index (χ4n) is 3.55. The van der Waals surface area contributed by atoms with Crippen LogP contribution in [-0.4, -0.2) is 16.1 Å². The van der Waals surface area contributed by atoms with Gasteiger partial charge in [0.15, 0.2) is 0 Å². The summed E-state index contributed by atoms with van der Waals surface area (Å²) in [5.74, 6) is -2.68. The lowest BCUT2D eigenvalue weighted by Gasteiger charge is -2.10. The van der Waals surface area contributed by atoms with Gasteiger partial charge in [0.1, 0.15) is 10.2 Å². The van der Waals surface area contributed by atoms with Crippen molar-refractivity contribution in [3.05, 3.63) is 91.1 Å². The van der Waals surface area contributed by atoms with Crippen molar-refractivity contribution in [3.8, 4) is 0 Å². The monoisotopic (exact) mass is 622 g/mol. The number of anilines is 2. The van der Waals surface area contributed by atoms with Crippen molar-refractivity contribution < 1.29 is 14.0 Å². The van der Waals surface area contributed by atoms with Gasteiger partial charge in [-0.05, 0) is 76.1 Å². The average molecular weight is 626 g/mol. The molecule has 1 aliphatic rings. The molecule has 0 aliphatic heterocycles. The van der Waals surface area contributed by atoms with Gasteiger partial charge in [-0.15, -0.1) is 23.2 Å². The van der Waals surface area contributed by atoms with E-state index in [1.807, 2.05) is 0 Å². The Hall–Kier alpha value is -1.54. The molecule has 2 atom stereocenters. The zero-order valence-electron chi connectivity index (χ0n) is 16.8. The Balaban J connectivity index is 1.51. The van der Waals surface area contributed by atoms with Crippen LogP contribution >= 0.6 is 73.9 Å². The number of benzene rings is 3. The van der Waals surface area contributed by atoms with Gasteiger partial charge in [-0.1, -0.05) is 34.8 Å². The van der Waals surface area contributed by atoms with E-state index >= 15 is 0 Å². The molecule has 3 aromatic rings. The number of carbonyl (C=O) groups excluding carboxylic acids is 2. The molecular weight excluding hydrogens is 612 g/mol. The first kappa shape index (κ1) is 25.5. The number of amides is 2. The lowest BCUT2D eigenvalue weighted by molar-refractivity contribution is -0.117. The van der Waals surface area contributed by atoms with E-state index in [9.17, 15) is 14.0 Å².